The van der Waals surface area contributed by atoms with Gasteiger partial charge >= 0.3 is 0 Å². The monoisotopic (exact) mass is 181 g/mol. The maximum Gasteiger partial charge on any atom is 0.0725 e. The molecule has 1 aromatic heterocycles. The van der Waals surface area contributed by atoms with Gasteiger partial charge in [0.1, 0.15) is 0 Å². The van der Waals surface area contributed by atoms with E-state index in [4.69, 9.17) is 0 Å². The van der Waals surface area contributed by atoms with E-state index in [1.54, 1.807) is 0 Å². The summed E-state index contributed by atoms with van der Waals surface area (Å²) >= 11 is 0. The van der Waals surface area contributed by atoms with E-state index in [1.165, 1.54) is 31.4 Å². The summed E-state index contributed by atoms with van der Waals surface area (Å²) in [6.07, 6.45) is 8.24. The highest BCUT2D eigenvalue weighted by atomic mass is 15.4. The third-order valence-corrected chi connectivity index (χ3v) is 2.28. The van der Waals surface area contributed by atoms with Crippen molar-refractivity contribution in [3.8, 4) is 0 Å². The fourth-order valence-electron chi connectivity index (χ4n) is 1.47. The standard InChI is InChI=1S/C10H19N3/c1-3-5-6-7-8-10-9-11-12-13(10)4-2/h9H,3-8H2,1-2H3. The van der Waals surface area contributed by atoms with Crippen LogP contribution in [0.15, 0.2) is 6.20 Å². The molecule has 3 nitrogen and oxygen atoms in total. The Labute approximate surface area is 80.1 Å². The summed E-state index contributed by atoms with van der Waals surface area (Å²) in [5, 5.41) is 7.91. The van der Waals surface area contributed by atoms with Gasteiger partial charge in [-0.2, -0.15) is 0 Å². The van der Waals surface area contributed by atoms with E-state index in [9.17, 15) is 0 Å². The highest BCUT2D eigenvalue weighted by Crippen LogP contribution is 2.06. The first-order valence-electron chi connectivity index (χ1n) is 5.25. The van der Waals surface area contributed by atoms with Crippen LogP contribution in [-0.2, 0) is 13.0 Å². The summed E-state index contributed by atoms with van der Waals surface area (Å²) in [6.45, 7) is 5.27. The van der Waals surface area contributed by atoms with Crippen LogP contribution >= 0.6 is 0 Å². The lowest BCUT2D eigenvalue weighted by Gasteiger charge is -2.02. The zero-order valence-electron chi connectivity index (χ0n) is 8.66. The summed E-state index contributed by atoms with van der Waals surface area (Å²) in [4.78, 5) is 0. The number of hydrogen-bond acceptors (Lipinski definition) is 2. The third kappa shape index (κ3) is 3.17. The third-order valence-electron chi connectivity index (χ3n) is 2.28. The van der Waals surface area contributed by atoms with Gasteiger partial charge in [-0.05, 0) is 19.8 Å². The fraction of sp³-hybridized carbons (Fsp3) is 0.800. The van der Waals surface area contributed by atoms with Crippen LogP contribution in [-0.4, -0.2) is 15.0 Å². The Kier molecular flexibility index (Phi) is 4.50. The maximum atomic E-state index is 4.00. The van der Waals surface area contributed by atoms with E-state index in [1.807, 2.05) is 10.9 Å². The molecule has 1 heterocycles. The molecule has 0 aliphatic rings. The van der Waals surface area contributed by atoms with E-state index in [-0.39, 0.29) is 0 Å². The fourth-order valence-corrected chi connectivity index (χ4v) is 1.47. The van der Waals surface area contributed by atoms with Crippen molar-refractivity contribution in [3.05, 3.63) is 11.9 Å². The zero-order valence-corrected chi connectivity index (χ0v) is 8.66. The Bertz CT molecular complexity index is 230. The van der Waals surface area contributed by atoms with Crippen molar-refractivity contribution < 1.29 is 0 Å². The molecular weight excluding hydrogens is 162 g/mol. The summed E-state index contributed by atoms with van der Waals surface area (Å²) in [5.74, 6) is 0. The van der Waals surface area contributed by atoms with Crippen molar-refractivity contribution in [2.24, 2.45) is 0 Å². The average Bonchev–Trinajstić information content (AvgIpc) is 2.60. The van der Waals surface area contributed by atoms with Gasteiger partial charge in [0.15, 0.2) is 0 Å². The number of aromatic nitrogens is 3. The van der Waals surface area contributed by atoms with E-state index >= 15 is 0 Å². The molecular formula is C10H19N3. The van der Waals surface area contributed by atoms with Crippen molar-refractivity contribution in [1.29, 1.82) is 0 Å². The lowest BCUT2D eigenvalue weighted by molar-refractivity contribution is 0.576. The van der Waals surface area contributed by atoms with E-state index in [0.29, 0.717) is 0 Å². The highest BCUT2D eigenvalue weighted by Gasteiger charge is 2.00. The molecule has 0 spiro atoms. The summed E-state index contributed by atoms with van der Waals surface area (Å²) < 4.78 is 1.98. The van der Waals surface area contributed by atoms with Crippen LogP contribution in [0.4, 0.5) is 0 Å². The van der Waals surface area contributed by atoms with Crippen LogP contribution in [0.2, 0.25) is 0 Å². The number of rotatable bonds is 6. The van der Waals surface area contributed by atoms with Gasteiger partial charge in [0.2, 0.25) is 0 Å². The molecule has 1 aromatic rings. The molecule has 0 bridgehead atoms. The first-order chi connectivity index (χ1) is 6.38. The molecule has 0 saturated heterocycles. The number of unbranched alkanes of at least 4 members (excludes halogenated alkanes) is 3. The molecule has 0 saturated carbocycles. The predicted octanol–water partition coefficient (Wildman–Crippen LogP) is 2.42. The second-order valence-electron chi connectivity index (χ2n) is 3.35. The van der Waals surface area contributed by atoms with Gasteiger partial charge in [0.05, 0.1) is 11.9 Å². The summed E-state index contributed by atoms with van der Waals surface area (Å²) in [7, 11) is 0. The van der Waals surface area contributed by atoms with Gasteiger partial charge in [-0.3, -0.25) is 0 Å². The molecule has 0 aromatic carbocycles. The van der Waals surface area contributed by atoms with E-state index < -0.39 is 0 Å². The second kappa shape index (κ2) is 5.73. The molecule has 3 heteroatoms. The minimum atomic E-state index is 0.934. The van der Waals surface area contributed by atoms with Crippen molar-refractivity contribution in [3.63, 3.8) is 0 Å². The van der Waals surface area contributed by atoms with Crippen LogP contribution in [0.3, 0.4) is 0 Å². The average molecular weight is 181 g/mol. The quantitative estimate of drug-likeness (QED) is 0.631. The van der Waals surface area contributed by atoms with Crippen molar-refractivity contribution in [2.45, 2.75) is 52.5 Å². The first kappa shape index (κ1) is 10.2. The van der Waals surface area contributed by atoms with Gasteiger partial charge in [-0.1, -0.05) is 31.4 Å². The van der Waals surface area contributed by atoms with Gasteiger partial charge in [-0.15, -0.1) is 5.10 Å². The topological polar surface area (TPSA) is 30.7 Å². The molecule has 0 amide bonds. The van der Waals surface area contributed by atoms with Crippen molar-refractivity contribution in [2.75, 3.05) is 0 Å². The number of aryl methyl sites for hydroxylation is 2. The second-order valence-corrected chi connectivity index (χ2v) is 3.35. The molecule has 0 fully saturated rings. The lowest BCUT2D eigenvalue weighted by atomic mass is 10.1. The molecule has 13 heavy (non-hydrogen) atoms. The Hall–Kier alpha value is -0.860. The summed E-state index contributed by atoms with van der Waals surface area (Å²) in [5.41, 5.74) is 1.28. The molecule has 74 valence electrons. The Morgan fingerprint density at radius 2 is 2.08 bits per heavy atom. The van der Waals surface area contributed by atoms with Gasteiger partial charge < -0.3 is 0 Å². The summed E-state index contributed by atoms with van der Waals surface area (Å²) in [6, 6.07) is 0. The lowest BCUT2D eigenvalue weighted by Crippen LogP contribution is -2.02. The molecule has 0 unspecified atom stereocenters. The van der Waals surface area contributed by atoms with Gasteiger partial charge in [0, 0.05) is 6.54 Å². The van der Waals surface area contributed by atoms with Crippen LogP contribution in [0.5, 0.6) is 0 Å². The molecule has 0 radical (unpaired) electrons. The molecule has 0 aliphatic carbocycles. The number of nitrogens with zero attached hydrogens (tertiary/aromatic N) is 3. The maximum absolute atomic E-state index is 4.00. The van der Waals surface area contributed by atoms with Crippen LogP contribution in [0.25, 0.3) is 0 Å². The van der Waals surface area contributed by atoms with Crippen LogP contribution in [0, 0.1) is 0 Å². The molecule has 1 rings (SSSR count). The smallest absolute Gasteiger partial charge is 0.0725 e. The first-order valence-corrected chi connectivity index (χ1v) is 5.25. The van der Waals surface area contributed by atoms with Crippen LogP contribution < -0.4 is 0 Å². The number of hydrogen-bond donors (Lipinski definition) is 0. The normalized spacial score (nSPS) is 10.6. The zero-order chi connectivity index (χ0) is 9.52. The van der Waals surface area contributed by atoms with Gasteiger partial charge in [-0.25, -0.2) is 4.68 Å². The van der Waals surface area contributed by atoms with E-state index in [0.717, 1.165) is 13.0 Å². The molecule has 0 N–H and O–H groups in total. The Morgan fingerprint density at radius 3 is 2.77 bits per heavy atom. The predicted molar refractivity (Wildman–Crippen MR) is 53.5 cm³/mol. The van der Waals surface area contributed by atoms with Crippen LogP contribution in [0.1, 0.15) is 45.2 Å². The molecule has 0 atom stereocenters. The van der Waals surface area contributed by atoms with Crippen molar-refractivity contribution >= 4 is 0 Å². The largest absolute Gasteiger partial charge is 0.250 e. The van der Waals surface area contributed by atoms with Gasteiger partial charge in [0.25, 0.3) is 0 Å². The van der Waals surface area contributed by atoms with E-state index in [2.05, 4.69) is 24.2 Å². The minimum Gasteiger partial charge on any atom is -0.250 e. The Balaban J connectivity index is 2.27. The SMILES string of the molecule is CCCCCCc1cnnn1CC. The Morgan fingerprint density at radius 1 is 1.23 bits per heavy atom. The molecule has 0 aliphatic heterocycles. The minimum absolute atomic E-state index is 0.934. The van der Waals surface area contributed by atoms with Crippen molar-refractivity contribution in [1.82, 2.24) is 15.0 Å². The highest BCUT2D eigenvalue weighted by molar-refractivity contribution is 4.93.